The van der Waals surface area contributed by atoms with Crippen LogP contribution >= 0.6 is 0 Å². The SMILES string of the molecule is Cn1cc(CC2CC(=O)N(CCC3CCNC3)C2=O)cn1. The number of carbonyl (C=O) groups is 2. The molecule has 0 bridgehead atoms. The maximum absolute atomic E-state index is 12.4. The highest BCUT2D eigenvalue weighted by atomic mass is 16.2. The second kappa shape index (κ2) is 5.97. The second-order valence-electron chi connectivity index (χ2n) is 6.16. The van der Waals surface area contributed by atoms with Crippen molar-refractivity contribution in [3.8, 4) is 0 Å². The first-order valence-electron chi connectivity index (χ1n) is 7.66. The van der Waals surface area contributed by atoms with E-state index in [4.69, 9.17) is 0 Å². The minimum absolute atomic E-state index is 0.00481. The van der Waals surface area contributed by atoms with Crippen LogP contribution in [0.2, 0.25) is 0 Å². The Labute approximate surface area is 124 Å². The minimum Gasteiger partial charge on any atom is -0.316 e. The van der Waals surface area contributed by atoms with Crippen molar-refractivity contribution in [2.45, 2.75) is 25.7 Å². The summed E-state index contributed by atoms with van der Waals surface area (Å²) in [5.74, 6) is 0.376. The Bertz CT molecular complexity index is 534. The van der Waals surface area contributed by atoms with Gasteiger partial charge in [-0.3, -0.25) is 19.2 Å². The molecule has 2 amide bonds. The first-order valence-corrected chi connectivity index (χ1v) is 7.66. The Morgan fingerprint density at radius 3 is 2.95 bits per heavy atom. The highest BCUT2D eigenvalue weighted by Gasteiger charge is 2.38. The van der Waals surface area contributed by atoms with Crippen LogP contribution in [0, 0.1) is 11.8 Å². The molecule has 114 valence electrons. The van der Waals surface area contributed by atoms with Crippen molar-refractivity contribution in [1.29, 1.82) is 0 Å². The maximum atomic E-state index is 12.4. The lowest BCUT2D eigenvalue weighted by molar-refractivity contribution is -0.139. The summed E-state index contributed by atoms with van der Waals surface area (Å²) in [7, 11) is 1.85. The number of likely N-dealkylation sites (tertiary alicyclic amines) is 1. The van der Waals surface area contributed by atoms with E-state index in [9.17, 15) is 9.59 Å². The van der Waals surface area contributed by atoms with E-state index < -0.39 is 0 Å². The third-order valence-corrected chi connectivity index (χ3v) is 4.50. The van der Waals surface area contributed by atoms with Gasteiger partial charge in [-0.15, -0.1) is 0 Å². The third-order valence-electron chi connectivity index (χ3n) is 4.50. The number of hydrogen-bond donors (Lipinski definition) is 1. The Balaban J connectivity index is 1.56. The van der Waals surface area contributed by atoms with Crippen LogP contribution in [0.25, 0.3) is 0 Å². The van der Waals surface area contributed by atoms with Gasteiger partial charge in [-0.2, -0.15) is 5.10 Å². The fourth-order valence-electron chi connectivity index (χ4n) is 3.28. The standard InChI is InChI=1S/C15H22N4O2/c1-18-10-12(9-17-18)6-13-7-14(20)19(15(13)21)5-3-11-2-4-16-8-11/h9-11,13,16H,2-8H2,1H3. The van der Waals surface area contributed by atoms with E-state index in [2.05, 4.69) is 10.4 Å². The molecule has 2 unspecified atom stereocenters. The summed E-state index contributed by atoms with van der Waals surface area (Å²) in [6, 6.07) is 0. The van der Waals surface area contributed by atoms with Gasteiger partial charge in [0.1, 0.15) is 0 Å². The van der Waals surface area contributed by atoms with Crippen LogP contribution in [0.5, 0.6) is 0 Å². The molecule has 6 nitrogen and oxygen atoms in total. The smallest absolute Gasteiger partial charge is 0.233 e. The van der Waals surface area contributed by atoms with Gasteiger partial charge >= 0.3 is 0 Å². The quantitative estimate of drug-likeness (QED) is 0.794. The summed E-state index contributed by atoms with van der Waals surface area (Å²) in [4.78, 5) is 25.9. The zero-order chi connectivity index (χ0) is 14.8. The van der Waals surface area contributed by atoms with Crippen LogP contribution in [-0.4, -0.2) is 46.1 Å². The van der Waals surface area contributed by atoms with Gasteiger partial charge in [0.05, 0.1) is 12.1 Å². The van der Waals surface area contributed by atoms with Gasteiger partial charge in [-0.05, 0) is 43.8 Å². The average Bonchev–Trinajstić information content (AvgIpc) is 3.14. The lowest BCUT2D eigenvalue weighted by Crippen LogP contribution is -2.33. The number of aryl methyl sites for hydroxylation is 1. The van der Waals surface area contributed by atoms with Crippen LogP contribution in [0.4, 0.5) is 0 Å². The molecular formula is C15H22N4O2. The number of rotatable bonds is 5. The molecule has 1 aromatic heterocycles. The molecule has 2 atom stereocenters. The molecule has 0 aromatic carbocycles. The topological polar surface area (TPSA) is 67.2 Å². The van der Waals surface area contributed by atoms with E-state index in [0.717, 1.165) is 31.5 Å². The van der Waals surface area contributed by atoms with Gasteiger partial charge < -0.3 is 5.32 Å². The largest absolute Gasteiger partial charge is 0.316 e. The predicted octanol–water partition coefficient (Wildman–Crippen LogP) is 0.337. The Morgan fingerprint density at radius 2 is 2.29 bits per heavy atom. The molecule has 0 spiro atoms. The molecule has 6 heteroatoms. The molecule has 21 heavy (non-hydrogen) atoms. The van der Waals surface area contributed by atoms with E-state index in [-0.39, 0.29) is 17.7 Å². The highest BCUT2D eigenvalue weighted by molar-refractivity contribution is 6.03. The van der Waals surface area contributed by atoms with Gasteiger partial charge in [-0.25, -0.2) is 0 Å². The molecule has 2 aliphatic heterocycles. The van der Waals surface area contributed by atoms with E-state index in [1.54, 1.807) is 10.9 Å². The summed E-state index contributed by atoms with van der Waals surface area (Å²) < 4.78 is 1.72. The zero-order valence-electron chi connectivity index (χ0n) is 12.4. The summed E-state index contributed by atoms with van der Waals surface area (Å²) in [6.45, 7) is 2.64. The number of amides is 2. The van der Waals surface area contributed by atoms with Gasteiger partial charge in [0.15, 0.2) is 0 Å². The highest BCUT2D eigenvalue weighted by Crippen LogP contribution is 2.25. The van der Waals surface area contributed by atoms with E-state index in [1.165, 1.54) is 4.90 Å². The van der Waals surface area contributed by atoms with Crippen molar-refractivity contribution >= 4 is 11.8 Å². The van der Waals surface area contributed by atoms with Crippen molar-refractivity contribution in [3.05, 3.63) is 18.0 Å². The number of nitrogens with zero attached hydrogens (tertiary/aromatic N) is 3. The van der Waals surface area contributed by atoms with Crippen molar-refractivity contribution in [3.63, 3.8) is 0 Å². The predicted molar refractivity (Wildman–Crippen MR) is 77.3 cm³/mol. The van der Waals surface area contributed by atoms with E-state index in [0.29, 0.717) is 25.3 Å². The van der Waals surface area contributed by atoms with Gasteiger partial charge in [0.2, 0.25) is 11.8 Å². The van der Waals surface area contributed by atoms with Crippen molar-refractivity contribution in [2.24, 2.45) is 18.9 Å². The molecule has 2 aliphatic rings. The monoisotopic (exact) mass is 290 g/mol. The number of imide groups is 1. The summed E-state index contributed by atoms with van der Waals surface area (Å²) in [5.41, 5.74) is 1.02. The maximum Gasteiger partial charge on any atom is 0.233 e. The molecular weight excluding hydrogens is 268 g/mol. The molecule has 1 N–H and O–H groups in total. The van der Waals surface area contributed by atoms with Crippen LogP contribution in [0.15, 0.2) is 12.4 Å². The molecule has 2 saturated heterocycles. The fraction of sp³-hybridized carbons (Fsp3) is 0.667. The van der Waals surface area contributed by atoms with Crippen LogP contribution in [-0.2, 0) is 23.1 Å². The van der Waals surface area contributed by atoms with Crippen LogP contribution in [0.1, 0.15) is 24.8 Å². The third kappa shape index (κ3) is 3.15. The van der Waals surface area contributed by atoms with E-state index in [1.807, 2.05) is 13.2 Å². The zero-order valence-corrected chi connectivity index (χ0v) is 12.4. The molecule has 2 fully saturated rings. The Morgan fingerprint density at radius 1 is 1.43 bits per heavy atom. The molecule has 3 heterocycles. The van der Waals surface area contributed by atoms with Crippen LogP contribution < -0.4 is 5.32 Å². The van der Waals surface area contributed by atoms with Crippen LogP contribution in [0.3, 0.4) is 0 Å². The normalized spacial score (nSPS) is 26.0. The van der Waals surface area contributed by atoms with Crippen molar-refractivity contribution in [2.75, 3.05) is 19.6 Å². The molecule has 0 saturated carbocycles. The molecule has 0 aliphatic carbocycles. The van der Waals surface area contributed by atoms with E-state index >= 15 is 0 Å². The lowest BCUT2D eigenvalue weighted by Gasteiger charge is -2.17. The number of carbonyl (C=O) groups excluding carboxylic acids is 2. The van der Waals surface area contributed by atoms with Crippen molar-refractivity contribution in [1.82, 2.24) is 20.0 Å². The van der Waals surface area contributed by atoms with Gasteiger partial charge in [0, 0.05) is 26.2 Å². The molecule has 1 aromatic rings. The number of hydrogen-bond acceptors (Lipinski definition) is 4. The molecule has 3 rings (SSSR count). The first kappa shape index (κ1) is 14.3. The Hall–Kier alpha value is -1.69. The average molecular weight is 290 g/mol. The van der Waals surface area contributed by atoms with Crippen molar-refractivity contribution < 1.29 is 9.59 Å². The first-order chi connectivity index (χ1) is 10.1. The number of nitrogens with one attached hydrogen (secondary N) is 1. The summed E-state index contributed by atoms with van der Waals surface area (Å²) in [5, 5.41) is 7.43. The summed E-state index contributed by atoms with van der Waals surface area (Å²) in [6.07, 6.45) is 6.70. The molecule has 0 radical (unpaired) electrons. The fourth-order valence-corrected chi connectivity index (χ4v) is 3.28. The minimum atomic E-state index is -0.205. The van der Waals surface area contributed by atoms with Gasteiger partial charge in [0.25, 0.3) is 0 Å². The second-order valence-corrected chi connectivity index (χ2v) is 6.16. The number of aromatic nitrogens is 2. The lowest BCUT2D eigenvalue weighted by atomic mass is 10.00. The van der Waals surface area contributed by atoms with Gasteiger partial charge in [-0.1, -0.05) is 0 Å². The Kier molecular flexibility index (Phi) is 4.05. The summed E-state index contributed by atoms with van der Waals surface area (Å²) >= 11 is 0.